The molecule has 0 aliphatic rings. The zero-order chi connectivity index (χ0) is 9.26. The van der Waals surface area contributed by atoms with Gasteiger partial charge < -0.3 is 0 Å². The molecule has 66 valence electrons. The SMILES string of the molecule is Brc1nc(-c2ccncc2)sc1Br. The van der Waals surface area contributed by atoms with Gasteiger partial charge in [0.1, 0.15) is 13.4 Å². The van der Waals surface area contributed by atoms with Crippen molar-refractivity contribution in [3.05, 3.63) is 32.9 Å². The first-order valence-electron chi connectivity index (χ1n) is 3.49. The van der Waals surface area contributed by atoms with Crippen molar-refractivity contribution in [2.75, 3.05) is 0 Å². The van der Waals surface area contributed by atoms with Crippen LogP contribution in [0.1, 0.15) is 0 Å². The Morgan fingerprint density at radius 2 is 1.85 bits per heavy atom. The van der Waals surface area contributed by atoms with E-state index >= 15 is 0 Å². The number of rotatable bonds is 1. The van der Waals surface area contributed by atoms with Crippen LogP contribution in [0.4, 0.5) is 0 Å². The molecule has 0 aliphatic carbocycles. The molecule has 0 N–H and O–H groups in total. The molecule has 0 saturated carbocycles. The van der Waals surface area contributed by atoms with Crippen molar-refractivity contribution in [3.8, 4) is 10.6 Å². The molecular weight excluding hydrogens is 316 g/mol. The molecule has 5 heteroatoms. The van der Waals surface area contributed by atoms with Crippen LogP contribution >= 0.6 is 43.2 Å². The molecule has 0 amide bonds. The Morgan fingerprint density at radius 1 is 1.15 bits per heavy atom. The van der Waals surface area contributed by atoms with E-state index in [4.69, 9.17) is 0 Å². The van der Waals surface area contributed by atoms with Crippen LogP contribution in [-0.4, -0.2) is 9.97 Å². The van der Waals surface area contributed by atoms with Crippen LogP contribution in [0.15, 0.2) is 32.9 Å². The second-order valence-corrected chi connectivity index (χ2v) is 5.39. The summed E-state index contributed by atoms with van der Waals surface area (Å²) in [5, 5.41) is 0.987. The monoisotopic (exact) mass is 318 g/mol. The Morgan fingerprint density at radius 3 is 2.38 bits per heavy atom. The van der Waals surface area contributed by atoms with Crippen LogP contribution < -0.4 is 0 Å². The summed E-state index contributed by atoms with van der Waals surface area (Å²) in [6, 6.07) is 3.88. The van der Waals surface area contributed by atoms with Crippen LogP contribution in [0.3, 0.4) is 0 Å². The number of nitrogens with zero attached hydrogens (tertiary/aromatic N) is 2. The number of thiazole rings is 1. The van der Waals surface area contributed by atoms with Crippen LogP contribution in [-0.2, 0) is 0 Å². The highest BCUT2D eigenvalue weighted by atomic mass is 79.9. The Kier molecular flexibility index (Phi) is 2.76. The van der Waals surface area contributed by atoms with Gasteiger partial charge in [0.2, 0.25) is 0 Å². The Hall–Kier alpha value is -0.260. The highest BCUT2D eigenvalue weighted by Gasteiger charge is 2.07. The normalized spacial score (nSPS) is 10.3. The van der Waals surface area contributed by atoms with E-state index < -0.39 is 0 Å². The Balaban J connectivity index is 2.48. The number of hydrogen-bond donors (Lipinski definition) is 0. The fourth-order valence-corrected chi connectivity index (χ4v) is 2.68. The first kappa shape index (κ1) is 9.30. The maximum atomic E-state index is 4.34. The highest BCUT2D eigenvalue weighted by molar-refractivity contribution is 9.13. The van der Waals surface area contributed by atoms with Gasteiger partial charge in [-0.25, -0.2) is 4.98 Å². The van der Waals surface area contributed by atoms with Gasteiger partial charge in [-0.05, 0) is 44.0 Å². The van der Waals surface area contributed by atoms with E-state index in [0.717, 1.165) is 19.0 Å². The quantitative estimate of drug-likeness (QED) is 0.800. The lowest BCUT2D eigenvalue weighted by atomic mass is 10.3. The summed E-state index contributed by atoms with van der Waals surface area (Å²) in [5.74, 6) is 0. The molecule has 0 bridgehead atoms. The van der Waals surface area contributed by atoms with Crippen molar-refractivity contribution >= 4 is 43.2 Å². The third-order valence-electron chi connectivity index (χ3n) is 1.48. The van der Waals surface area contributed by atoms with E-state index in [1.165, 1.54) is 0 Å². The molecule has 0 spiro atoms. The molecule has 2 aromatic heterocycles. The maximum absolute atomic E-state index is 4.34. The molecule has 2 rings (SSSR count). The molecule has 0 aromatic carbocycles. The summed E-state index contributed by atoms with van der Waals surface area (Å²) in [5.41, 5.74) is 1.09. The maximum Gasteiger partial charge on any atom is 0.132 e. The van der Waals surface area contributed by atoms with E-state index in [2.05, 4.69) is 41.8 Å². The van der Waals surface area contributed by atoms with Gasteiger partial charge in [0, 0.05) is 18.0 Å². The molecule has 0 saturated heterocycles. The molecule has 2 nitrogen and oxygen atoms in total. The van der Waals surface area contributed by atoms with Crippen LogP contribution in [0.2, 0.25) is 0 Å². The van der Waals surface area contributed by atoms with Gasteiger partial charge in [-0.2, -0.15) is 0 Å². The molecule has 2 heterocycles. The smallest absolute Gasteiger partial charge is 0.132 e. The van der Waals surface area contributed by atoms with E-state index in [-0.39, 0.29) is 0 Å². The Bertz CT molecular complexity index is 394. The molecule has 0 unspecified atom stereocenters. The molecule has 0 fully saturated rings. The predicted octanol–water partition coefficient (Wildman–Crippen LogP) is 3.73. The van der Waals surface area contributed by atoms with Crippen LogP contribution in [0.5, 0.6) is 0 Å². The van der Waals surface area contributed by atoms with Gasteiger partial charge in [0.05, 0.1) is 0 Å². The molecule has 0 radical (unpaired) electrons. The third kappa shape index (κ3) is 1.98. The standard InChI is InChI=1S/C8H4Br2N2S/c9-6-7(10)13-8(12-6)5-1-3-11-4-2-5/h1-4H. The summed E-state index contributed by atoms with van der Waals surface area (Å²) in [6.45, 7) is 0. The van der Waals surface area contributed by atoms with Gasteiger partial charge in [0.25, 0.3) is 0 Å². The fourth-order valence-electron chi connectivity index (χ4n) is 0.901. The molecule has 0 atom stereocenters. The summed E-state index contributed by atoms with van der Waals surface area (Å²) < 4.78 is 1.86. The van der Waals surface area contributed by atoms with E-state index in [9.17, 15) is 0 Å². The minimum Gasteiger partial charge on any atom is -0.265 e. The highest BCUT2D eigenvalue weighted by Crippen LogP contribution is 2.34. The fraction of sp³-hybridized carbons (Fsp3) is 0. The third-order valence-corrected chi connectivity index (χ3v) is 4.60. The molecule has 0 aliphatic heterocycles. The van der Waals surface area contributed by atoms with Gasteiger partial charge in [-0.15, -0.1) is 11.3 Å². The van der Waals surface area contributed by atoms with Gasteiger partial charge in [-0.3, -0.25) is 4.98 Å². The zero-order valence-electron chi connectivity index (χ0n) is 6.37. The van der Waals surface area contributed by atoms with Crippen molar-refractivity contribution in [1.29, 1.82) is 0 Å². The Labute approximate surface area is 96.3 Å². The summed E-state index contributed by atoms with van der Waals surface area (Å²) in [6.07, 6.45) is 3.52. The number of pyridine rings is 1. The number of hydrogen-bond acceptors (Lipinski definition) is 3. The van der Waals surface area contributed by atoms with Crippen molar-refractivity contribution < 1.29 is 0 Å². The van der Waals surface area contributed by atoms with Crippen molar-refractivity contribution in [3.63, 3.8) is 0 Å². The lowest BCUT2D eigenvalue weighted by Crippen LogP contribution is -1.75. The minimum absolute atomic E-state index is 0.851. The van der Waals surface area contributed by atoms with E-state index in [1.807, 2.05) is 12.1 Å². The van der Waals surface area contributed by atoms with Crippen LogP contribution in [0.25, 0.3) is 10.6 Å². The topological polar surface area (TPSA) is 25.8 Å². The van der Waals surface area contributed by atoms with Crippen molar-refractivity contribution in [2.24, 2.45) is 0 Å². The second kappa shape index (κ2) is 3.86. The average molecular weight is 320 g/mol. The lowest BCUT2D eigenvalue weighted by molar-refractivity contribution is 1.30. The summed E-state index contributed by atoms with van der Waals surface area (Å²) in [4.78, 5) is 8.29. The van der Waals surface area contributed by atoms with Crippen LogP contribution in [0, 0.1) is 0 Å². The zero-order valence-corrected chi connectivity index (χ0v) is 10.4. The first-order valence-corrected chi connectivity index (χ1v) is 5.90. The van der Waals surface area contributed by atoms with Gasteiger partial charge in [0.15, 0.2) is 0 Å². The number of halogens is 2. The second-order valence-electron chi connectivity index (χ2n) is 2.32. The predicted molar refractivity (Wildman–Crippen MR) is 60.7 cm³/mol. The first-order chi connectivity index (χ1) is 6.27. The summed E-state index contributed by atoms with van der Waals surface area (Å²) >= 11 is 8.36. The van der Waals surface area contributed by atoms with Crippen molar-refractivity contribution in [1.82, 2.24) is 9.97 Å². The summed E-state index contributed by atoms with van der Waals surface area (Å²) in [7, 11) is 0. The molecular formula is C8H4Br2N2S. The number of aromatic nitrogens is 2. The van der Waals surface area contributed by atoms with Gasteiger partial charge >= 0.3 is 0 Å². The lowest BCUT2D eigenvalue weighted by Gasteiger charge is -1.91. The minimum atomic E-state index is 0.851. The largest absolute Gasteiger partial charge is 0.265 e. The average Bonchev–Trinajstić information content (AvgIpc) is 2.49. The van der Waals surface area contributed by atoms with E-state index in [0.29, 0.717) is 0 Å². The van der Waals surface area contributed by atoms with Gasteiger partial charge in [-0.1, -0.05) is 0 Å². The van der Waals surface area contributed by atoms with Crippen molar-refractivity contribution in [2.45, 2.75) is 0 Å². The molecule has 2 aromatic rings. The van der Waals surface area contributed by atoms with E-state index in [1.54, 1.807) is 23.7 Å². The molecule has 13 heavy (non-hydrogen) atoms.